The van der Waals surface area contributed by atoms with Gasteiger partial charge in [0.05, 0.1) is 23.7 Å². The maximum absolute atomic E-state index is 13.3. The summed E-state index contributed by atoms with van der Waals surface area (Å²) in [5.74, 6) is -1.06. The lowest BCUT2D eigenvalue weighted by atomic mass is 9.99. The second-order valence-electron chi connectivity index (χ2n) is 12.0. The second kappa shape index (κ2) is 17.2. The van der Waals surface area contributed by atoms with Crippen molar-refractivity contribution in [3.8, 4) is 11.8 Å². The summed E-state index contributed by atoms with van der Waals surface area (Å²) in [6, 6.07) is 15.4. The van der Waals surface area contributed by atoms with Crippen LogP contribution in [-0.4, -0.2) is 48.4 Å². The molecule has 0 aromatic heterocycles. The number of aryl methyl sites for hydroxylation is 1. The number of hydrogen-bond donors (Lipinski definition) is 3. The topological polar surface area (TPSA) is 147 Å². The van der Waals surface area contributed by atoms with E-state index in [0.717, 1.165) is 22.4 Å². The molecular formula is C35H38Cl2N4O6S. The van der Waals surface area contributed by atoms with Gasteiger partial charge < -0.3 is 20.1 Å². The molecule has 3 rings (SSSR count). The van der Waals surface area contributed by atoms with Gasteiger partial charge in [0.2, 0.25) is 0 Å². The number of Topliss-reactive ketones (excluding diaryl/α,β-unsaturated/α-hetero) is 1. The molecule has 0 aliphatic rings. The molecule has 2 atom stereocenters. The smallest absolute Gasteiger partial charge is 0.408 e. The van der Waals surface area contributed by atoms with Crippen molar-refractivity contribution in [2.24, 2.45) is 5.92 Å². The van der Waals surface area contributed by atoms with Gasteiger partial charge in [0.25, 0.3) is 5.91 Å². The monoisotopic (exact) mass is 712 g/mol. The Balaban J connectivity index is 1.58. The Morgan fingerprint density at radius 1 is 1.00 bits per heavy atom. The van der Waals surface area contributed by atoms with Crippen molar-refractivity contribution in [3.63, 3.8) is 0 Å². The molecule has 0 aliphatic carbocycles. The fourth-order valence-corrected chi connectivity index (χ4v) is 5.48. The Morgan fingerprint density at radius 2 is 1.73 bits per heavy atom. The van der Waals surface area contributed by atoms with Crippen LogP contribution in [0.5, 0.6) is 5.75 Å². The Hall–Kier alpha value is -4.24. The second-order valence-corrected chi connectivity index (χ2v) is 13.8. The molecule has 254 valence electrons. The summed E-state index contributed by atoms with van der Waals surface area (Å²) in [5.41, 5.74) is 1.39. The third kappa shape index (κ3) is 11.5. The largest absolute Gasteiger partial charge is 0.485 e. The van der Waals surface area contributed by atoms with Gasteiger partial charge in [-0.15, -0.1) is 0 Å². The number of benzene rings is 3. The van der Waals surface area contributed by atoms with Crippen molar-refractivity contribution in [2.45, 2.75) is 64.5 Å². The van der Waals surface area contributed by atoms with Crippen LogP contribution in [0.2, 0.25) is 10.0 Å². The molecule has 2 amide bonds. The predicted molar refractivity (Wildman–Crippen MR) is 188 cm³/mol. The Morgan fingerprint density at radius 3 is 2.38 bits per heavy atom. The highest BCUT2D eigenvalue weighted by Gasteiger charge is 2.28. The summed E-state index contributed by atoms with van der Waals surface area (Å²) in [4.78, 5) is 52.1. The van der Waals surface area contributed by atoms with Crippen LogP contribution in [-0.2, 0) is 14.3 Å². The van der Waals surface area contributed by atoms with Crippen LogP contribution in [0.4, 0.5) is 10.5 Å². The van der Waals surface area contributed by atoms with Gasteiger partial charge in [0.15, 0.2) is 11.6 Å². The number of nitrogens with zero attached hydrogens (tertiary/aromatic N) is 1. The summed E-state index contributed by atoms with van der Waals surface area (Å²) >= 11 is 13.3. The summed E-state index contributed by atoms with van der Waals surface area (Å²) in [6.45, 7) is 10.6. The van der Waals surface area contributed by atoms with Crippen LogP contribution in [0.25, 0.3) is 0 Å². The van der Waals surface area contributed by atoms with Gasteiger partial charge in [-0.3, -0.25) is 19.1 Å². The molecule has 0 bridgehead atoms. The van der Waals surface area contributed by atoms with Crippen LogP contribution in [0.1, 0.15) is 68.1 Å². The van der Waals surface area contributed by atoms with Crippen LogP contribution < -0.4 is 20.1 Å². The van der Waals surface area contributed by atoms with Crippen LogP contribution in [0.15, 0.2) is 59.5 Å². The van der Waals surface area contributed by atoms with Gasteiger partial charge in [0, 0.05) is 26.2 Å². The molecule has 13 heteroatoms. The van der Waals surface area contributed by atoms with Crippen molar-refractivity contribution in [1.29, 1.82) is 5.26 Å². The zero-order valence-electron chi connectivity index (χ0n) is 27.5. The van der Waals surface area contributed by atoms with Gasteiger partial charge in [0.1, 0.15) is 24.0 Å². The number of anilines is 1. The highest BCUT2D eigenvalue weighted by Crippen LogP contribution is 2.28. The van der Waals surface area contributed by atoms with E-state index in [-0.39, 0.29) is 58.2 Å². The molecule has 10 nitrogen and oxygen atoms in total. The van der Waals surface area contributed by atoms with Crippen molar-refractivity contribution in [2.75, 3.05) is 18.5 Å². The van der Waals surface area contributed by atoms with Crippen LogP contribution in [0.3, 0.4) is 0 Å². The normalized spacial score (nSPS) is 12.2. The quantitative estimate of drug-likeness (QED) is 0.114. The molecule has 0 fully saturated rings. The van der Waals surface area contributed by atoms with Crippen molar-refractivity contribution in [3.05, 3.63) is 86.9 Å². The number of ketones is 2. The molecule has 0 saturated carbocycles. The highest BCUT2D eigenvalue weighted by atomic mass is 35.5. The number of amides is 2. The van der Waals surface area contributed by atoms with E-state index >= 15 is 0 Å². The number of halogens is 2. The van der Waals surface area contributed by atoms with Gasteiger partial charge >= 0.3 is 6.09 Å². The number of nitriles is 1. The lowest BCUT2D eigenvalue weighted by molar-refractivity contribution is -0.122. The van der Waals surface area contributed by atoms with E-state index in [0.29, 0.717) is 17.1 Å². The van der Waals surface area contributed by atoms with Gasteiger partial charge in [-0.1, -0.05) is 43.5 Å². The van der Waals surface area contributed by atoms with Crippen molar-refractivity contribution >= 4 is 64.4 Å². The zero-order valence-corrected chi connectivity index (χ0v) is 29.9. The molecule has 0 aliphatic heterocycles. The fourth-order valence-electron chi connectivity index (χ4n) is 4.36. The SMILES string of the molecule is CC[C@H](C)[C@H](NC(=O)OC(C)(C)C)C(=O)NSc1ccc(NCC(=O)COc2ccc(Cl)cc2C(=O)c2cc(Cl)cc(C#N)c2)c(C)c1. The molecule has 0 heterocycles. The average Bonchev–Trinajstić information content (AvgIpc) is 3.03. The Labute approximate surface area is 295 Å². The third-order valence-corrected chi connectivity index (χ3v) is 8.22. The van der Waals surface area contributed by atoms with Crippen molar-refractivity contribution in [1.82, 2.24) is 10.0 Å². The summed E-state index contributed by atoms with van der Waals surface area (Å²) in [7, 11) is 0. The summed E-state index contributed by atoms with van der Waals surface area (Å²) in [5, 5.41) is 15.5. The van der Waals surface area contributed by atoms with E-state index < -0.39 is 23.5 Å². The van der Waals surface area contributed by atoms with E-state index in [1.807, 2.05) is 32.9 Å². The predicted octanol–water partition coefficient (Wildman–Crippen LogP) is 7.53. The summed E-state index contributed by atoms with van der Waals surface area (Å²) < 4.78 is 13.9. The number of carbonyl (C=O) groups is 4. The first-order valence-electron chi connectivity index (χ1n) is 15.1. The first-order valence-corrected chi connectivity index (χ1v) is 16.7. The van der Waals surface area contributed by atoms with E-state index in [1.54, 1.807) is 39.0 Å². The molecular weight excluding hydrogens is 675 g/mol. The maximum Gasteiger partial charge on any atom is 0.408 e. The average molecular weight is 714 g/mol. The number of rotatable bonds is 14. The van der Waals surface area contributed by atoms with E-state index in [9.17, 15) is 24.4 Å². The van der Waals surface area contributed by atoms with Gasteiger partial charge in [-0.2, -0.15) is 5.26 Å². The fraction of sp³-hybridized carbons (Fsp3) is 0.343. The molecule has 0 saturated heterocycles. The van der Waals surface area contributed by atoms with Crippen LogP contribution >= 0.6 is 35.1 Å². The van der Waals surface area contributed by atoms with E-state index in [2.05, 4.69) is 15.4 Å². The maximum atomic E-state index is 13.3. The molecule has 0 unspecified atom stereocenters. The lowest BCUT2D eigenvalue weighted by Gasteiger charge is -2.26. The molecule has 48 heavy (non-hydrogen) atoms. The standard InChI is InChI=1S/C35H38Cl2N4O6S/c1-7-20(2)31(40-34(45)47-35(4,5)6)33(44)41-48-27-9-10-29(21(3)12-27)39-18-26(42)19-46-30-11-8-24(36)16-28(30)32(43)23-13-22(17-38)14-25(37)15-23/h8-16,20,31,39H,7,18-19H2,1-6H3,(H,40,45)(H,41,44)/t20-,31-/m0/s1. The molecule has 3 aromatic carbocycles. The first-order chi connectivity index (χ1) is 22.6. The number of nitrogens with one attached hydrogen (secondary N) is 3. The third-order valence-electron chi connectivity index (χ3n) is 6.98. The summed E-state index contributed by atoms with van der Waals surface area (Å²) in [6.07, 6.45) is 0.0161. The lowest BCUT2D eigenvalue weighted by Crippen LogP contribution is -2.50. The highest BCUT2D eigenvalue weighted by molar-refractivity contribution is 7.98. The zero-order chi connectivity index (χ0) is 35.6. The Kier molecular flexibility index (Phi) is 13.7. The minimum Gasteiger partial charge on any atom is -0.485 e. The molecule has 0 spiro atoms. The van der Waals surface area contributed by atoms with Gasteiger partial charge in [-0.05, 0) is 106 Å². The molecule has 0 radical (unpaired) electrons. The molecule has 3 aromatic rings. The minimum absolute atomic E-state index is 0.0479. The minimum atomic E-state index is -0.775. The number of carbonyl (C=O) groups excluding carboxylic acids is 4. The van der Waals surface area contributed by atoms with E-state index in [4.69, 9.17) is 32.7 Å². The van der Waals surface area contributed by atoms with Crippen LogP contribution in [0, 0.1) is 24.2 Å². The number of hydrogen-bond acceptors (Lipinski definition) is 9. The van der Waals surface area contributed by atoms with Crippen molar-refractivity contribution < 1.29 is 28.7 Å². The molecule has 3 N–H and O–H groups in total. The van der Waals surface area contributed by atoms with E-state index in [1.165, 1.54) is 30.3 Å². The number of ether oxygens (including phenoxy) is 2. The number of alkyl carbamates (subject to hydrolysis) is 1. The first kappa shape index (κ1) is 38.2. The van der Waals surface area contributed by atoms with Gasteiger partial charge in [-0.25, -0.2) is 4.79 Å². The Bertz CT molecular complexity index is 1720.